The van der Waals surface area contributed by atoms with Crippen LogP contribution in [0.25, 0.3) is 0 Å². The van der Waals surface area contributed by atoms with Crippen LogP contribution in [0.2, 0.25) is 0 Å². The molecule has 0 N–H and O–H groups in total. The molecule has 0 aliphatic carbocycles. The van der Waals surface area contributed by atoms with Crippen molar-refractivity contribution in [1.82, 2.24) is 0 Å². The fraction of sp³-hybridized carbons (Fsp3) is 0.143. The molecule has 31 heavy (non-hydrogen) atoms. The topological polar surface area (TPSA) is 0 Å². The van der Waals surface area contributed by atoms with Crippen molar-refractivity contribution in [2.75, 3.05) is 0 Å². The Balaban J connectivity index is 2.08. The summed E-state index contributed by atoms with van der Waals surface area (Å²) in [6.07, 6.45) is -13.7. The van der Waals surface area contributed by atoms with Crippen molar-refractivity contribution >= 4 is 30.4 Å². The quantitative estimate of drug-likeness (QED) is 0.302. The third-order valence-corrected chi connectivity index (χ3v) is 10.6. The van der Waals surface area contributed by atoms with Crippen LogP contribution in [-0.4, -0.2) is 19.6 Å². The Morgan fingerprint density at radius 3 is 0.710 bits per heavy atom. The Morgan fingerprint density at radius 2 is 0.548 bits per heavy atom. The molecule has 0 saturated carbocycles. The van der Waals surface area contributed by atoms with Crippen molar-refractivity contribution in [3.8, 4) is 0 Å². The van der Waals surface area contributed by atoms with Crippen LogP contribution in [0.1, 0.15) is 16.7 Å². The fourth-order valence-corrected chi connectivity index (χ4v) is 8.57. The monoisotopic (exact) mass is 565 g/mol. The zero-order chi connectivity index (χ0) is 23.0. The Morgan fingerprint density at radius 1 is 0.355 bits per heavy atom. The molecule has 0 nitrogen and oxygen atoms in total. The van der Waals surface area contributed by atoms with Crippen LogP contribution in [0.4, 0.5) is 39.5 Å². The average molecular weight is 563 g/mol. The number of halogens is 9. The van der Waals surface area contributed by atoms with Gasteiger partial charge < -0.3 is 0 Å². The van der Waals surface area contributed by atoms with Crippen molar-refractivity contribution in [3.63, 3.8) is 0 Å². The number of alkyl halides is 9. The molecule has 0 amide bonds. The first kappa shape index (κ1) is 23.5. The number of hydrogen-bond donors (Lipinski definition) is 0. The number of rotatable bonds is 3. The van der Waals surface area contributed by atoms with E-state index in [4.69, 9.17) is 0 Å². The van der Waals surface area contributed by atoms with Gasteiger partial charge in [-0.05, 0) is 0 Å². The second kappa shape index (κ2) is 8.40. The summed E-state index contributed by atoms with van der Waals surface area (Å²) in [5, 5.41) is 0. The Kier molecular flexibility index (Phi) is 6.36. The summed E-state index contributed by atoms with van der Waals surface area (Å²) in [6.45, 7) is 0. The average Bonchev–Trinajstić information content (AvgIpc) is 2.67. The molecule has 164 valence electrons. The van der Waals surface area contributed by atoms with Gasteiger partial charge in [-0.25, -0.2) is 0 Å². The van der Waals surface area contributed by atoms with Gasteiger partial charge in [-0.1, -0.05) is 0 Å². The summed E-state index contributed by atoms with van der Waals surface area (Å²) >= 11 is -3.03. The molecule has 0 bridgehead atoms. The molecule has 0 aromatic heterocycles. The van der Waals surface area contributed by atoms with Gasteiger partial charge in [0.05, 0.1) is 0 Å². The third-order valence-electron chi connectivity index (χ3n) is 4.25. The van der Waals surface area contributed by atoms with E-state index in [1.165, 1.54) is 36.4 Å². The molecule has 0 spiro atoms. The number of benzene rings is 3. The van der Waals surface area contributed by atoms with Gasteiger partial charge in [0, 0.05) is 0 Å². The van der Waals surface area contributed by atoms with Gasteiger partial charge in [-0.2, -0.15) is 0 Å². The summed E-state index contributed by atoms with van der Waals surface area (Å²) in [7, 11) is 0. The van der Waals surface area contributed by atoms with E-state index in [9.17, 15) is 39.5 Å². The Bertz CT molecular complexity index is 877. The van der Waals surface area contributed by atoms with E-state index in [-0.39, 0.29) is 0 Å². The maximum atomic E-state index is 12.9. The predicted octanol–water partition coefficient (Wildman–Crippen LogP) is 5.26. The Hall–Kier alpha value is -2.18. The molecule has 0 atom stereocenters. The van der Waals surface area contributed by atoms with Crippen molar-refractivity contribution in [3.05, 3.63) is 89.5 Å². The molecule has 3 aromatic rings. The van der Waals surface area contributed by atoms with Crippen LogP contribution in [0.5, 0.6) is 0 Å². The molecule has 0 saturated heterocycles. The predicted molar refractivity (Wildman–Crippen MR) is 99.0 cm³/mol. The van der Waals surface area contributed by atoms with Gasteiger partial charge in [0.15, 0.2) is 0 Å². The van der Waals surface area contributed by atoms with Gasteiger partial charge in [-0.3, -0.25) is 0 Å². The number of hydrogen-bond acceptors (Lipinski definition) is 0. The fourth-order valence-electron chi connectivity index (χ4n) is 2.75. The SMILES string of the molecule is FC(F)(F)c1ccc([Te+](c2ccc(C(F)(F)F)cc2)c2ccc(C(F)(F)F)cc2)cc1. The van der Waals surface area contributed by atoms with E-state index in [1.807, 2.05) is 0 Å². The van der Waals surface area contributed by atoms with Crippen LogP contribution in [0.3, 0.4) is 0 Å². The van der Waals surface area contributed by atoms with Gasteiger partial charge in [-0.15, -0.1) is 0 Å². The molecule has 0 unspecified atom stereocenters. The van der Waals surface area contributed by atoms with Crippen LogP contribution in [0.15, 0.2) is 72.8 Å². The van der Waals surface area contributed by atoms with Crippen molar-refractivity contribution in [2.24, 2.45) is 0 Å². The van der Waals surface area contributed by atoms with Crippen LogP contribution in [-0.2, 0) is 18.5 Å². The molecule has 3 aromatic carbocycles. The summed E-state index contributed by atoms with van der Waals surface area (Å²) in [5.74, 6) is 0. The zero-order valence-corrected chi connectivity index (χ0v) is 17.6. The first-order valence-corrected chi connectivity index (χ1v) is 12.0. The van der Waals surface area contributed by atoms with E-state index in [0.29, 0.717) is 10.8 Å². The minimum atomic E-state index is -4.57. The van der Waals surface area contributed by atoms with E-state index in [0.717, 1.165) is 36.4 Å². The molecule has 3 rings (SSSR count). The molecular formula is C21H12F9Te+. The molecule has 0 radical (unpaired) electrons. The Labute approximate surface area is 178 Å². The van der Waals surface area contributed by atoms with Crippen molar-refractivity contribution in [1.29, 1.82) is 0 Å². The standard InChI is InChI=1S/C21H12F9Te/c22-19(23,24)13-1-7-16(8-2-13)31(17-9-3-14(4-10-17)20(25,26)27)18-11-5-15(6-12-18)21(28,29)30/h1-12H/q+1. The van der Waals surface area contributed by atoms with Gasteiger partial charge in [0.2, 0.25) is 0 Å². The van der Waals surface area contributed by atoms with E-state index >= 15 is 0 Å². The van der Waals surface area contributed by atoms with Crippen molar-refractivity contribution < 1.29 is 39.5 Å². The van der Waals surface area contributed by atoms with E-state index in [1.54, 1.807) is 0 Å². The summed E-state index contributed by atoms with van der Waals surface area (Å²) in [5.41, 5.74) is -2.68. The minimum absolute atomic E-state index is 0.455. The second-order valence-electron chi connectivity index (χ2n) is 6.37. The van der Waals surface area contributed by atoms with E-state index < -0.39 is 54.8 Å². The summed E-state index contributed by atoms with van der Waals surface area (Å²) < 4.78 is 117. The molecule has 10 heteroatoms. The molecule has 0 aliphatic heterocycles. The normalized spacial score (nSPS) is 13.0. The zero-order valence-electron chi connectivity index (χ0n) is 15.2. The molecular weight excluding hydrogens is 551 g/mol. The van der Waals surface area contributed by atoms with Crippen molar-refractivity contribution in [2.45, 2.75) is 18.5 Å². The molecule has 0 fully saturated rings. The van der Waals surface area contributed by atoms with Crippen LogP contribution < -0.4 is 10.8 Å². The second-order valence-corrected chi connectivity index (χ2v) is 12.2. The third kappa shape index (κ3) is 5.55. The first-order valence-electron chi connectivity index (χ1n) is 8.53. The van der Waals surface area contributed by atoms with Gasteiger partial charge in [0.25, 0.3) is 0 Å². The van der Waals surface area contributed by atoms with E-state index in [2.05, 4.69) is 0 Å². The first-order chi connectivity index (χ1) is 14.3. The molecule has 0 heterocycles. The van der Waals surface area contributed by atoms with Gasteiger partial charge in [0.1, 0.15) is 0 Å². The maximum absolute atomic E-state index is 12.9. The van der Waals surface area contributed by atoms with Crippen LogP contribution >= 0.6 is 0 Å². The summed E-state index contributed by atoms with van der Waals surface area (Å²) in [4.78, 5) is 0. The summed E-state index contributed by atoms with van der Waals surface area (Å²) in [6, 6.07) is 12.5. The van der Waals surface area contributed by atoms with Crippen LogP contribution in [0, 0.1) is 0 Å². The van der Waals surface area contributed by atoms with Gasteiger partial charge >= 0.3 is 178 Å². The molecule has 0 aliphatic rings.